The second-order valence-electron chi connectivity index (χ2n) is 8.92. The third-order valence-electron chi connectivity index (χ3n) is 5.15. The van der Waals surface area contributed by atoms with Crippen LogP contribution in [-0.2, 0) is 9.59 Å². The molecule has 2 amide bonds. The van der Waals surface area contributed by atoms with E-state index >= 15 is 0 Å². The fourth-order valence-electron chi connectivity index (χ4n) is 3.60. The van der Waals surface area contributed by atoms with E-state index in [1.54, 1.807) is 0 Å². The van der Waals surface area contributed by atoms with Crippen LogP contribution in [0.15, 0.2) is 0 Å². The molecule has 0 atom stereocenters. The van der Waals surface area contributed by atoms with Crippen molar-refractivity contribution in [3.63, 3.8) is 0 Å². The molecule has 5 heteroatoms. The Morgan fingerprint density at radius 2 is 1.58 bits per heavy atom. The number of hydrogen-bond donors (Lipinski definition) is 1. The minimum atomic E-state index is 0.0333. The molecule has 24 heavy (non-hydrogen) atoms. The first-order valence-corrected chi connectivity index (χ1v) is 9.52. The Bertz CT molecular complexity index is 428. The van der Waals surface area contributed by atoms with Crippen LogP contribution in [-0.4, -0.2) is 60.4 Å². The molecule has 0 radical (unpaired) electrons. The molecule has 138 valence electrons. The summed E-state index contributed by atoms with van der Waals surface area (Å²) in [6, 6.07) is 0.364. The molecule has 2 rings (SSSR count). The van der Waals surface area contributed by atoms with Gasteiger partial charge in [0.05, 0.1) is 6.54 Å². The van der Waals surface area contributed by atoms with Gasteiger partial charge in [0.1, 0.15) is 0 Å². The first kappa shape index (κ1) is 19.2. The van der Waals surface area contributed by atoms with Crippen LogP contribution >= 0.6 is 0 Å². The predicted octanol–water partition coefficient (Wildman–Crippen LogP) is 2.26. The van der Waals surface area contributed by atoms with Crippen LogP contribution < -0.4 is 5.32 Å². The number of carbonyl (C=O) groups excluding carboxylic acids is 2. The van der Waals surface area contributed by atoms with Crippen LogP contribution in [0.4, 0.5) is 0 Å². The van der Waals surface area contributed by atoms with Crippen molar-refractivity contribution in [3.05, 3.63) is 0 Å². The van der Waals surface area contributed by atoms with Crippen molar-refractivity contribution in [2.75, 3.05) is 32.7 Å². The maximum atomic E-state index is 12.3. The normalized spacial score (nSPS) is 26.2. The van der Waals surface area contributed by atoms with Crippen LogP contribution in [0.25, 0.3) is 0 Å². The Morgan fingerprint density at radius 1 is 1.00 bits per heavy atom. The fraction of sp³-hybridized carbons (Fsp3) is 0.895. The number of amides is 2. The number of carbonyl (C=O) groups is 2. The predicted molar refractivity (Wildman–Crippen MR) is 96.7 cm³/mol. The van der Waals surface area contributed by atoms with Gasteiger partial charge in [-0.15, -0.1) is 0 Å². The summed E-state index contributed by atoms with van der Waals surface area (Å²) in [4.78, 5) is 28.6. The standard InChI is InChI=1S/C19H35N3O2/c1-15-5-7-16(8-6-15)20-17(23)14-21-9-11-22(12-10-21)18(24)13-19(2,3)4/h15-16H,5-14H2,1-4H3,(H,20,23). The van der Waals surface area contributed by atoms with Crippen LogP contribution in [0.1, 0.15) is 59.8 Å². The van der Waals surface area contributed by atoms with E-state index in [2.05, 4.69) is 37.9 Å². The van der Waals surface area contributed by atoms with Gasteiger partial charge >= 0.3 is 0 Å². The summed E-state index contributed by atoms with van der Waals surface area (Å²) >= 11 is 0. The van der Waals surface area contributed by atoms with Gasteiger partial charge in [0.2, 0.25) is 11.8 Å². The molecular formula is C19H35N3O2. The lowest BCUT2D eigenvalue weighted by atomic mass is 9.87. The van der Waals surface area contributed by atoms with Gasteiger partial charge in [-0.1, -0.05) is 27.7 Å². The molecule has 0 spiro atoms. The molecule has 1 aliphatic heterocycles. The number of hydrogen-bond acceptors (Lipinski definition) is 3. The van der Waals surface area contributed by atoms with Crippen molar-refractivity contribution in [1.29, 1.82) is 0 Å². The molecule has 1 saturated carbocycles. The number of rotatable bonds is 4. The van der Waals surface area contributed by atoms with Gasteiger partial charge in [-0.05, 0) is 37.0 Å². The molecule has 1 heterocycles. The molecule has 1 aliphatic carbocycles. The molecule has 2 fully saturated rings. The van der Waals surface area contributed by atoms with E-state index in [-0.39, 0.29) is 17.2 Å². The summed E-state index contributed by atoms with van der Waals surface area (Å²) in [5.41, 5.74) is 0.0333. The SMILES string of the molecule is CC1CCC(NC(=O)CN2CCN(C(=O)CC(C)(C)C)CC2)CC1. The average molecular weight is 338 g/mol. The van der Waals surface area contributed by atoms with Crippen molar-refractivity contribution >= 4 is 11.8 Å². The Labute approximate surface area is 147 Å². The molecule has 1 N–H and O–H groups in total. The fourth-order valence-corrected chi connectivity index (χ4v) is 3.60. The Kier molecular flexibility index (Phi) is 6.67. The minimum Gasteiger partial charge on any atom is -0.352 e. The van der Waals surface area contributed by atoms with E-state index in [9.17, 15) is 9.59 Å². The number of nitrogens with zero attached hydrogens (tertiary/aromatic N) is 2. The topological polar surface area (TPSA) is 52.7 Å². The van der Waals surface area contributed by atoms with Gasteiger partial charge in [0.25, 0.3) is 0 Å². The quantitative estimate of drug-likeness (QED) is 0.856. The van der Waals surface area contributed by atoms with Crippen LogP contribution in [0.5, 0.6) is 0 Å². The highest BCUT2D eigenvalue weighted by Crippen LogP contribution is 2.23. The second kappa shape index (κ2) is 8.32. The summed E-state index contributed by atoms with van der Waals surface area (Å²) in [6.45, 7) is 12.1. The second-order valence-corrected chi connectivity index (χ2v) is 8.92. The first-order valence-electron chi connectivity index (χ1n) is 9.52. The molecule has 0 unspecified atom stereocenters. The lowest BCUT2D eigenvalue weighted by molar-refractivity contribution is -0.135. The number of piperazine rings is 1. The maximum absolute atomic E-state index is 12.3. The van der Waals surface area contributed by atoms with E-state index in [0.717, 1.165) is 44.9 Å². The van der Waals surface area contributed by atoms with E-state index in [0.29, 0.717) is 19.0 Å². The molecule has 5 nitrogen and oxygen atoms in total. The van der Waals surface area contributed by atoms with Crippen molar-refractivity contribution in [3.8, 4) is 0 Å². The summed E-state index contributed by atoms with van der Waals surface area (Å²) in [5.74, 6) is 1.18. The maximum Gasteiger partial charge on any atom is 0.234 e. The van der Waals surface area contributed by atoms with Crippen molar-refractivity contribution in [2.45, 2.75) is 65.8 Å². The highest BCUT2D eigenvalue weighted by molar-refractivity contribution is 5.79. The monoisotopic (exact) mass is 337 g/mol. The van der Waals surface area contributed by atoms with Crippen LogP contribution in [0, 0.1) is 11.3 Å². The van der Waals surface area contributed by atoms with Gasteiger partial charge < -0.3 is 10.2 Å². The minimum absolute atomic E-state index is 0.0333. The zero-order valence-corrected chi connectivity index (χ0v) is 15.9. The summed E-state index contributed by atoms with van der Waals surface area (Å²) in [7, 11) is 0. The van der Waals surface area contributed by atoms with Crippen molar-refractivity contribution in [1.82, 2.24) is 15.1 Å². The average Bonchev–Trinajstić information content (AvgIpc) is 2.48. The van der Waals surface area contributed by atoms with Gasteiger partial charge in [0.15, 0.2) is 0 Å². The third-order valence-corrected chi connectivity index (χ3v) is 5.15. The molecule has 2 aliphatic rings. The Hall–Kier alpha value is -1.10. The highest BCUT2D eigenvalue weighted by atomic mass is 16.2. The third kappa shape index (κ3) is 6.42. The van der Waals surface area contributed by atoms with Gasteiger partial charge in [-0.3, -0.25) is 14.5 Å². The Morgan fingerprint density at radius 3 is 2.12 bits per heavy atom. The van der Waals surface area contributed by atoms with Crippen LogP contribution in [0.2, 0.25) is 0 Å². The molecule has 0 bridgehead atoms. The molecule has 0 aromatic heterocycles. The lowest BCUT2D eigenvalue weighted by Crippen LogP contribution is -2.52. The first-order chi connectivity index (χ1) is 11.2. The zero-order valence-electron chi connectivity index (χ0n) is 15.9. The van der Waals surface area contributed by atoms with Gasteiger partial charge in [-0.2, -0.15) is 0 Å². The van der Waals surface area contributed by atoms with Gasteiger partial charge in [-0.25, -0.2) is 0 Å². The summed E-state index contributed by atoms with van der Waals surface area (Å²) in [5, 5.41) is 3.19. The Balaban J connectivity index is 1.67. The highest BCUT2D eigenvalue weighted by Gasteiger charge is 2.26. The summed E-state index contributed by atoms with van der Waals surface area (Å²) in [6.07, 6.45) is 5.26. The van der Waals surface area contributed by atoms with Gasteiger partial charge in [0, 0.05) is 38.6 Å². The van der Waals surface area contributed by atoms with Crippen molar-refractivity contribution < 1.29 is 9.59 Å². The lowest BCUT2D eigenvalue weighted by Gasteiger charge is -2.36. The molecule has 1 saturated heterocycles. The number of nitrogens with one attached hydrogen (secondary N) is 1. The zero-order chi connectivity index (χ0) is 17.7. The van der Waals surface area contributed by atoms with E-state index in [1.807, 2.05) is 4.90 Å². The van der Waals surface area contributed by atoms with Crippen LogP contribution in [0.3, 0.4) is 0 Å². The van der Waals surface area contributed by atoms with E-state index in [4.69, 9.17) is 0 Å². The molecular weight excluding hydrogens is 302 g/mol. The van der Waals surface area contributed by atoms with E-state index < -0.39 is 0 Å². The molecule has 0 aromatic carbocycles. The van der Waals surface area contributed by atoms with Crippen molar-refractivity contribution in [2.24, 2.45) is 11.3 Å². The largest absolute Gasteiger partial charge is 0.352 e. The molecule has 0 aromatic rings. The summed E-state index contributed by atoms with van der Waals surface area (Å²) < 4.78 is 0. The smallest absolute Gasteiger partial charge is 0.234 e. The van der Waals surface area contributed by atoms with E-state index in [1.165, 1.54) is 12.8 Å².